The van der Waals surface area contributed by atoms with Crippen molar-refractivity contribution in [3.8, 4) is 0 Å². The minimum absolute atomic E-state index is 0.0344. The van der Waals surface area contributed by atoms with Crippen LogP contribution >= 0.6 is 0 Å². The zero-order chi connectivity index (χ0) is 13.1. The molecule has 0 amide bonds. The van der Waals surface area contributed by atoms with E-state index in [9.17, 15) is 10.1 Å². The number of rotatable bonds is 5. The monoisotopic (exact) mass is 249 g/mol. The number of oxazole rings is 1. The predicted octanol–water partition coefficient (Wildman–Crippen LogP) is 3.19. The van der Waals surface area contributed by atoms with Crippen LogP contribution in [-0.2, 0) is 0 Å². The Morgan fingerprint density at radius 3 is 3.00 bits per heavy atom. The van der Waals surface area contributed by atoms with E-state index in [-0.39, 0.29) is 11.2 Å². The molecule has 0 spiro atoms. The van der Waals surface area contributed by atoms with Gasteiger partial charge in [-0.05, 0) is 12.0 Å². The summed E-state index contributed by atoms with van der Waals surface area (Å²) in [7, 11) is 0. The van der Waals surface area contributed by atoms with Crippen LogP contribution in [0.3, 0.4) is 0 Å². The van der Waals surface area contributed by atoms with E-state index in [0.717, 1.165) is 13.0 Å². The van der Waals surface area contributed by atoms with Gasteiger partial charge in [-0.2, -0.15) is 4.98 Å². The van der Waals surface area contributed by atoms with Crippen molar-refractivity contribution in [3.05, 3.63) is 28.3 Å². The molecule has 6 nitrogen and oxygen atoms in total. The molecule has 0 saturated carbocycles. The first-order valence-electron chi connectivity index (χ1n) is 5.89. The smallest absolute Gasteiger partial charge is 0.298 e. The molecule has 0 radical (unpaired) electrons. The van der Waals surface area contributed by atoms with Gasteiger partial charge in [-0.1, -0.05) is 26.3 Å². The Kier molecular flexibility index (Phi) is 3.45. The highest BCUT2D eigenvalue weighted by Gasteiger charge is 2.17. The van der Waals surface area contributed by atoms with Crippen LogP contribution in [0.15, 0.2) is 22.6 Å². The van der Waals surface area contributed by atoms with Crippen molar-refractivity contribution in [1.82, 2.24) is 4.98 Å². The van der Waals surface area contributed by atoms with Crippen LogP contribution < -0.4 is 5.32 Å². The highest BCUT2D eigenvalue weighted by atomic mass is 16.6. The first-order chi connectivity index (χ1) is 8.61. The van der Waals surface area contributed by atoms with Crippen molar-refractivity contribution < 1.29 is 9.34 Å². The van der Waals surface area contributed by atoms with E-state index in [0.29, 0.717) is 17.5 Å². The summed E-state index contributed by atoms with van der Waals surface area (Å²) in [4.78, 5) is 14.5. The maximum absolute atomic E-state index is 10.8. The molecular formula is C12H15N3O3. The lowest BCUT2D eigenvalue weighted by atomic mass is 10.1. The van der Waals surface area contributed by atoms with Gasteiger partial charge in [-0.15, -0.1) is 0 Å². The second-order valence-electron chi connectivity index (χ2n) is 4.29. The van der Waals surface area contributed by atoms with Crippen molar-refractivity contribution in [1.29, 1.82) is 0 Å². The van der Waals surface area contributed by atoms with E-state index in [4.69, 9.17) is 4.42 Å². The molecule has 0 aliphatic carbocycles. The Balaban J connectivity index is 2.27. The molecule has 0 bridgehead atoms. The number of anilines is 1. The van der Waals surface area contributed by atoms with Crippen LogP contribution in [0.5, 0.6) is 0 Å². The molecule has 0 aliphatic heterocycles. The molecule has 18 heavy (non-hydrogen) atoms. The lowest BCUT2D eigenvalue weighted by Crippen LogP contribution is -2.10. The zero-order valence-electron chi connectivity index (χ0n) is 10.3. The molecule has 1 aromatic carbocycles. The van der Waals surface area contributed by atoms with E-state index in [1.54, 1.807) is 12.1 Å². The second-order valence-corrected chi connectivity index (χ2v) is 4.29. The quantitative estimate of drug-likeness (QED) is 0.650. The van der Waals surface area contributed by atoms with Crippen molar-refractivity contribution in [2.24, 2.45) is 5.92 Å². The molecule has 1 aromatic heterocycles. The number of para-hydroxylation sites is 1. The summed E-state index contributed by atoms with van der Waals surface area (Å²) in [6.45, 7) is 4.94. The summed E-state index contributed by atoms with van der Waals surface area (Å²) in [5, 5.41) is 13.9. The van der Waals surface area contributed by atoms with Gasteiger partial charge >= 0.3 is 0 Å². The minimum atomic E-state index is -0.455. The van der Waals surface area contributed by atoms with Crippen LogP contribution in [0.2, 0.25) is 0 Å². The number of benzene rings is 1. The first-order valence-corrected chi connectivity index (χ1v) is 5.89. The van der Waals surface area contributed by atoms with Crippen LogP contribution in [0.25, 0.3) is 11.1 Å². The van der Waals surface area contributed by atoms with E-state index in [2.05, 4.69) is 24.1 Å². The molecule has 1 heterocycles. The molecule has 1 atom stereocenters. The summed E-state index contributed by atoms with van der Waals surface area (Å²) in [5.74, 6) is 0.495. The van der Waals surface area contributed by atoms with Crippen LogP contribution in [-0.4, -0.2) is 16.5 Å². The van der Waals surface area contributed by atoms with Gasteiger partial charge < -0.3 is 9.73 Å². The maximum atomic E-state index is 10.8. The van der Waals surface area contributed by atoms with Crippen molar-refractivity contribution >= 4 is 22.8 Å². The summed E-state index contributed by atoms with van der Waals surface area (Å²) >= 11 is 0. The van der Waals surface area contributed by atoms with Crippen LogP contribution in [0, 0.1) is 16.0 Å². The number of aromatic nitrogens is 1. The third-order valence-corrected chi connectivity index (χ3v) is 2.89. The predicted molar refractivity (Wildman–Crippen MR) is 68.6 cm³/mol. The Labute approximate surface area is 104 Å². The fourth-order valence-electron chi connectivity index (χ4n) is 1.56. The molecule has 1 N–H and O–H groups in total. The van der Waals surface area contributed by atoms with Gasteiger partial charge in [0.15, 0.2) is 11.1 Å². The summed E-state index contributed by atoms with van der Waals surface area (Å²) < 4.78 is 5.43. The summed E-state index contributed by atoms with van der Waals surface area (Å²) in [6, 6.07) is 5.01. The Morgan fingerprint density at radius 1 is 1.56 bits per heavy atom. The van der Waals surface area contributed by atoms with Gasteiger partial charge in [0, 0.05) is 12.6 Å². The molecule has 0 fully saturated rings. The highest BCUT2D eigenvalue weighted by Crippen LogP contribution is 2.27. The molecule has 0 saturated heterocycles. The molecule has 0 aliphatic rings. The SMILES string of the molecule is CCC(C)CNc1nc2c([N+](=O)[O-])cccc2o1. The van der Waals surface area contributed by atoms with E-state index >= 15 is 0 Å². The average Bonchev–Trinajstić information content (AvgIpc) is 2.77. The number of non-ortho nitro benzene ring substituents is 1. The number of nitrogens with one attached hydrogen (secondary N) is 1. The molecule has 2 aromatic rings. The van der Waals surface area contributed by atoms with E-state index in [1.165, 1.54) is 6.07 Å². The Hall–Kier alpha value is -2.11. The summed E-state index contributed by atoms with van der Waals surface area (Å²) in [6.07, 6.45) is 1.05. The topological polar surface area (TPSA) is 81.2 Å². The number of nitro benzene ring substituents is 1. The molecule has 96 valence electrons. The third-order valence-electron chi connectivity index (χ3n) is 2.89. The highest BCUT2D eigenvalue weighted by molar-refractivity contribution is 5.83. The Bertz CT molecular complexity index is 565. The zero-order valence-corrected chi connectivity index (χ0v) is 10.3. The fourth-order valence-corrected chi connectivity index (χ4v) is 1.56. The maximum Gasteiger partial charge on any atom is 0.298 e. The average molecular weight is 249 g/mol. The standard InChI is InChI=1S/C12H15N3O3/c1-3-8(2)7-13-12-14-11-9(15(16)17)5-4-6-10(11)18-12/h4-6,8H,3,7H2,1-2H3,(H,13,14). The van der Waals surface area contributed by atoms with Crippen molar-refractivity contribution in [2.45, 2.75) is 20.3 Å². The number of hydrogen-bond donors (Lipinski definition) is 1. The minimum Gasteiger partial charge on any atom is -0.423 e. The van der Waals surface area contributed by atoms with E-state index < -0.39 is 4.92 Å². The van der Waals surface area contributed by atoms with E-state index in [1.807, 2.05) is 0 Å². The third kappa shape index (κ3) is 2.42. The molecular weight excluding hydrogens is 234 g/mol. The largest absolute Gasteiger partial charge is 0.423 e. The van der Waals surface area contributed by atoms with Gasteiger partial charge in [0.05, 0.1) is 4.92 Å². The molecule has 2 rings (SSSR count). The lowest BCUT2D eigenvalue weighted by molar-refractivity contribution is -0.383. The van der Waals surface area contributed by atoms with Crippen molar-refractivity contribution in [2.75, 3.05) is 11.9 Å². The number of fused-ring (bicyclic) bond motifs is 1. The van der Waals surface area contributed by atoms with Gasteiger partial charge in [0.2, 0.25) is 0 Å². The summed E-state index contributed by atoms with van der Waals surface area (Å²) in [5.41, 5.74) is 0.679. The van der Waals surface area contributed by atoms with Gasteiger partial charge in [-0.3, -0.25) is 10.1 Å². The first kappa shape index (κ1) is 12.3. The van der Waals surface area contributed by atoms with Crippen LogP contribution in [0.1, 0.15) is 20.3 Å². The van der Waals surface area contributed by atoms with Gasteiger partial charge in [-0.25, -0.2) is 0 Å². The van der Waals surface area contributed by atoms with Crippen molar-refractivity contribution in [3.63, 3.8) is 0 Å². The number of hydrogen-bond acceptors (Lipinski definition) is 5. The molecule has 1 unspecified atom stereocenters. The fraction of sp³-hybridized carbons (Fsp3) is 0.417. The van der Waals surface area contributed by atoms with Gasteiger partial charge in [0.1, 0.15) is 0 Å². The lowest BCUT2D eigenvalue weighted by Gasteiger charge is -2.07. The number of nitrogens with zero attached hydrogens (tertiary/aromatic N) is 2. The normalized spacial score (nSPS) is 12.6. The second kappa shape index (κ2) is 5.03. The van der Waals surface area contributed by atoms with Crippen LogP contribution in [0.4, 0.5) is 11.7 Å². The van der Waals surface area contributed by atoms with Gasteiger partial charge in [0.25, 0.3) is 11.7 Å². The molecule has 6 heteroatoms. The number of nitro groups is 1. The Morgan fingerprint density at radius 2 is 2.33 bits per heavy atom.